The third-order valence-corrected chi connectivity index (χ3v) is 7.48. The lowest BCUT2D eigenvalue weighted by Gasteiger charge is -2.23. The van der Waals surface area contributed by atoms with Gasteiger partial charge in [0.2, 0.25) is 0 Å². The first-order valence-electron chi connectivity index (χ1n) is 13.3. The number of hydrogen-bond donors (Lipinski definition) is 3. The maximum atomic E-state index is 15.2. The predicted octanol–water partition coefficient (Wildman–Crippen LogP) is 6.35. The molecule has 1 fully saturated rings. The SMILES string of the molecule is Cc1c(F)cc(C(=O)NC2CCCCC2)cc1-c1ccc(C(=O)NCC(C)(C)C)cc1C(=O)Nc1nccs1. The molecule has 4 rings (SSSR count). The fraction of sp³-hybridized carbons (Fsp3) is 0.400. The minimum atomic E-state index is -0.542. The highest BCUT2D eigenvalue weighted by Gasteiger charge is 2.23. The second-order valence-corrected chi connectivity index (χ2v) is 12.1. The molecular formula is C30H35FN4O3S. The third-order valence-electron chi connectivity index (χ3n) is 6.80. The van der Waals surface area contributed by atoms with Crippen molar-refractivity contribution in [3.8, 4) is 11.1 Å². The summed E-state index contributed by atoms with van der Waals surface area (Å²) < 4.78 is 15.2. The van der Waals surface area contributed by atoms with E-state index in [0.717, 1.165) is 32.1 Å². The number of nitrogens with one attached hydrogen (secondary N) is 3. The van der Waals surface area contributed by atoms with Gasteiger partial charge in [0.15, 0.2) is 5.13 Å². The Balaban J connectivity index is 1.72. The first-order valence-corrected chi connectivity index (χ1v) is 14.1. The average Bonchev–Trinajstić information content (AvgIpc) is 3.41. The second-order valence-electron chi connectivity index (χ2n) is 11.2. The molecule has 1 aliphatic carbocycles. The van der Waals surface area contributed by atoms with E-state index in [2.05, 4.69) is 20.9 Å². The van der Waals surface area contributed by atoms with Crippen LogP contribution in [0.1, 0.15) is 89.5 Å². The van der Waals surface area contributed by atoms with E-state index in [0.29, 0.717) is 33.9 Å². The normalized spacial score (nSPS) is 14.1. The number of carbonyl (C=O) groups excluding carboxylic acids is 3. The molecule has 0 saturated heterocycles. The first kappa shape index (κ1) is 28.4. The van der Waals surface area contributed by atoms with E-state index in [-0.39, 0.29) is 34.4 Å². The van der Waals surface area contributed by atoms with Crippen molar-refractivity contribution in [1.82, 2.24) is 15.6 Å². The molecule has 39 heavy (non-hydrogen) atoms. The van der Waals surface area contributed by atoms with E-state index in [4.69, 9.17) is 0 Å². The largest absolute Gasteiger partial charge is 0.352 e. The van der Waals surface area contributed by atoms with Gasteiger partial charge in [0.05, 0.1) is 0 Å². The third kappa shape index (κ3) is 7.29. The average molecular weight is 551 g/mol. The lowest BCUT2D eigenvalue weighted by Crippen LogP contribution is -2.36. The molecule has 3 N–H and O–H groups in total. The van der Waals surface area contributed by atoms with Crippen LogP contribution >= 0.6 is 11.3 Å². The van der Waals surface area contributed by atoms with Crippen molar-refractivity contribution in [2.75, 3.05) is 11.9 Å². The fourth-order valence-corrected chi connectivity index (χ4v) is 5.13. The molecule has 7 nitrogen and oxygen atoms in total. The van der Waals surface area contributed by atoms with Gasteiger partial charge in [-0.3, -0.25) is 19.7 Å². The standard InChI is InChI=1S/C30H35FN4O3S/c1-18-23(15-20(16-25(18)31)27(37)34-21-8-6-5-7-9-21)22-11-10-19(26(36)33-17-30(2,3)4)14-24(22)28(38)35-29-32-12-13-39-29/h10-16,21H,5-9,17H2,1-4H3,(H,33,36)(H,34,37)(H,32,35,38). The highest BCUT2D eigenvalue weighted by molar-refractivity contribution is 7.13. The summed E-state index contributed by atoms with van der Waals surface area (Å²) in [6, 6.07) is 7.67. The Kier molecular flexibility index (Phi) is 8.80. The molecule has 1 aliphatic rings. The van der Waals surface area contributed by atoms with Gasteiger partial charge in [-0.2, -0.15) is 0 Å². The van der Waals surface area contributed by atoms with E-state index >= 15 is 4.39 Å². The summed E-state index contributed by atoms with van der Waals surface area (Å²) in [6.07, 6.45) is 6.67. The molecule has 1 aromatic heterocycles. The van der Waals surface area contributed by atoms with Crippen LogP contribution in [0.3, 0.4) is 0 Å². The topological polar surface area (TPSA) is 100 Å². The Morgan fingerprint density at radius 1 is 0.974 bits per heavy atom. The van der Waals surface area contributed by atoms with Crippen molar-refractivity contribution in [3.63, 3.8) is 0 Å². The number of anilines is 1. The van der Waals surface area contributed by atoms with Crippen LogP contribution in [-0.4, -0.2) is 35.3 Å². The van der Waals surface area contributed by atoms with Crippen molar-refractivity contribution in [1.29, 1.82) is 0 Å². The summed E-state index contributed by atoms with van der Waals surface area (Å²) in [5, 5.41) is 10.8. The van der Waals surface area contributed by atoms with Crippen LogP contribution in [0.5, 0.6) is 0 Å². The number of carbonyl (C=O) groups is 3. The van der Waals surface area contributed by atoms with E-state index in [9.17, 15) is 14.4 Å². The molecular weight excluding hydrogens is 515 g/mol. The van der Waals surface area contributed by atoms with Gasteiger partial charge in [-0.05, 0) is 66.1 Å². The summed E-state index contributed by atoms with van der Waals surface area (Å²) >= 11 is 1.26. The molecule has 1 saturated carbocycles. The Morgan fingerprint density at radius 3 is 2.38 bits per heavy atom. The fourth-order valence-electron chi connectivity index (χ4n) is 4.61. The number of hydrogen-bond acceptors (Lipinski definition) is 5. The Morgan fingerprint density at radius 2 is 1.72 bits per heavy atom. The van der Waals surface area contributed by atoms with Crippen LogP contribution in [0, 0.1) is 18.2 Å². The van der Waals surface area contributed by atoms with Crippen molar-refractivity contribution < 1.29 is 18.8 Å². The Labute approximate surface area is 232 Å². The molecule has 1 heterocycles. The molecule has 0 radical (unpaired) electrons. The number of thiazole rings is 1. The number of amides is 3. The lowest BCUT2D eigenvalue weighted by atomic mass is 9.91. The Bertz CT molecular complexity index is 1360. The van der Waals surface area contributed by atoms with E-state index in [1.165, 1.54) is 23.5 Å². The molecule has 0 atom stereocenters. The predicted molar refractivity (Wildman–Crippen MR) is 153 cm³/mol. The number of benzene rings is 2. The van der Waals surface area contributed by atoms with Gasteiger partial charge >= 0.3 is 0 Å². The van der Waals surface area contributed by atoms with Crippen molar-refractivity contribution in [3.05, 3.63) is 70.0 Å². The summed E-state index contributed by atoms with van der Waals surface area (Å²) in [4.78, 5) is 43.5. The van der Waals surface area contributed by atoms with Gasteiger partial charge in [-0.1, -0.05) is 46.1 Å². The van der Waals surface area contributed by atoms with Crippen LogP contribution in [0.15, 0.2) is 41.9 Å². The van der Waals surface area contributed by atoms with Crippen LogP contribution in [0.25, 0.3) is 11.1 Å². The highest BCUT2D eigenvalue weighted by atomic mass is 32.1. The molecule has 0 aliphatic heterocycles. The minimum absolute atomic E-state index is 0.0737. The molecule has 0 spiro atoms. The van der Waals surface area contributed by atoms with Crippen LogP contribution in [0.4, 0.5) is 9.52 Å². The van der Waals surface area contributed by atoms with Crippen molar-refractivity contribution in [2.24, 2.45) is 5.41 Å². The highest BCUT2D eigenvalue weighted by Crippen LogP contribution is 2.32. The molecule has 3 amide bonds. The monoisotopic (exact) mass is 550 g/mol. The zero-order valence-corrected chi connectivity index (χ0v) is 23.6. The van der Waals surface area contributed by atoms with Gasteiger partial charge in [0, 0.05) is 40.9 Å². The van der Waals surface area contributed by atoms with Crippen molar-refractivity contribution in [2.45, 2.75) is 65.8 Å². The summed E-state index contributed by atoms with van der Waals surface area (Å²) in [7, 11) is 0. The van der Waals surface area contributed by atoms with Gasteiger partial charge in [-0.15, -0.1) is 11.3 Å². The molecule has 206 valence electrons. The first-order chi connectivity index (χ1) is 18.5. The van der Waals surface area contributed by atoms with Crippen LogP contribution in [-0.2, 0) is 0 Å². The maximum absolute atomic E-state index is 15.2. The van der Waals surface area contributed by atoms with Gasteiger partial charge in [0.25, 0.3) is 17.7 Å². The number of rotatable bonds is 7. The number of nitrogens with zero attached hydrogens (tertiary/aromatic N) is 1. The van der Waals surface area contributed by atoms with Gasteiger partial charge in [0.1, 0.15) is 5.82 Å². The smallest absolute Gasteiger partial charge is 0.258 e. The number of halogens is 1. The minimum Gasteiger partial charge on any atom is -0.352 e. The summed E-state index contributed by atoms with van der Waals surface area (Å²) in [6.45, 7) is 8.10. The van der Waals surface area contributed by atoms with Crippen LogP contribution < -0.4 is 16.0 Å². The van der Waals surface area contributed by atoms with E-state index in [1.807, 2.05) is 20.8 Å². The van der Waals surface area contributed by atoms with Gasteiger partial charge < -0.3 is 10.6 Å². The lowest BCUT2D eigenvalue weighted by molar-refractivity contribution is 0.0923. The van der Waals surface area contributed by atoms with Gasteiger partial charge in [-0.25, -0.2) is 9.37 Å². The summed E-state index contributed by atoms with van der Waals surface area (Å²) in [5.41, 5.74) is 1.69. The van der Waals surface area contributed by atoms with Crippen molar-refractivity contribution >= 4 is 34.2 Å². The van der Waals surface area contributed by atoms with E-state index < -0.39 is 11.7 Å². The zero-order chi connectivity index (χ0) is 28.2. The molecule has 3 aromatic rings. The maximum Gasteiger partial charge on any atom is 0.258 e. The molecule has 0 bridgehead atoms. The summed E-state index contributed by atoms with van der Waals surface area (Å²) in [5.74, 6) is -1.68. The zero-order valence-electron chi connectivity index (χ0n) is 22.8. The number of aromatic nitrogens is 1. The molecule has 9 heteroatoms. The quantitative estimate of drug-likeness (QED) is 0.319. The molecule has 0 unspecified atom stereocenters. The molecule has 2 aromatic carbocycles. The second kappa shape index (κ2) is 12.1. The van der Waals surface area contributed by atoms with Crippen LogP contribution in [0.2, 0.25) is 0 Å². The van der Waals surface area contributed by atoms with E-state index in [1.54, 1.807) is 36.7 Å². The Hall–Kier alpha value is -3.59.